The molecule has 0 unspecified atom stereocenters. The number of rotatable bonds is 5. The summed E-state index contributed by atoms with van der Waals surface area (Å²) in [5.74, 6) is -0.363. The van der Waals surface area contributed by atoms with Gasteiger partial charge in [-0.1, -0.05) is 59.0 Å². The molecule has 2 aromatic heterocycles. The van der Waals surface area contributed by atoms with Gasteiger partial charge in [0.2, 0.25) is 5.91 Å². The Bertz CT molecular complexity index is 1150. The van der Waals surface area contributed by atoms with Crippen LogP contribution in [0.25, 0.3) is 21.5 Å². The van der Waals surface area contributed by atoms with Crippen molar-refractivity contribution in [3.8, 4) is 11.3 Å². The second-order valence-corrected chi connectivity index (χ2v) is 7.14. The largest absolute Gasteiger partial charge is 0.355 e. The van der Waals surface area contributed by atoms with Crippen LogP contribution in [-0.4, -0.2) is 28.5 Å². The van der Waals surface area contributed by atoms with E-state index in [4.69, 9.17) is 4.52 Å². The summed E-state index contributed by atoms with van der Waals surface area (Å²) < 4.78 is 6.20. The van der Waals surface area contributed by atoms with E-state index in [2.05, 4.69) is 20.8 Å². The molecule has 0 fully saturated rings. The Morgan fingerprint density at radius 2 is 1.93 bits per heavy atom. The summed E-state index contributed by atoms with van der Waals surface area (Å²) in [6, 6.07) is 16.7. The molecule has 8 heteroatoms. The molecule has 4 rings (SSSR count). The predicted octanol–water partition coefficient (Wildman–Crippen LogP) is 3.63. The van der Waals surface area contributed by atoms with Crippen LogP contribution in [0.5, 0.6) is 0 Å². The van der Waals surface area contributed by atoms with Gasteiger partial charge in [-0.2, -0.15) is 0 Å². The highest BCUT2D eigenvalue weighted by atomic mass is 32.1. The maximum absolute atomic E-state index is 12.2. The van der Waals surface area contributed by atoms with E-state index in [1.165, 1.54) is 11.3 Å². The lowest BCUT2D eigenvalue weighted by Gasteiger charge is -2.02. The van der Waals surface area contributed by atoms with Gasteiger partial charge >= 0.3 is 0 Å². The summed E-state index contributed by atoms with van der Waals surface area (Å²) >= 11 is 1.39. The molecule has 2 heterocycles. The summed E-state index contributed by atoms with van der Waals surface area (Å²) in [5, 5.41) is 9.50. The van der Waals surface area contributed by atoms with Gasteiger partial charge in [0.15, 0.2) is 16.6 Å². The number of aromatic nitrogens is 2. The summed E-state index contributed by atoms with van der Waals surface area (Å²) in [7, 11) is 0. The van der Waals surface area contributed by atoms with Crippen LogP contribution < -0.4 is 10.6 Å². The first-order chi connectivity index (χ1) is 13.6. The number of carbonyl (C=O) groups is 2. The zero-order valence-electron chi connectivity index (χ0n) is 14.9. The Balaban J connectivity index is 1.36. The number of hydrogen-bond donors (Lipinski definition) is 2. The SMILES string of the molecule is Cc1cccc2sc(NC(=O)CNC(=O)c3cc(-c4ccccc4)on3)nc12. The molecular weight excluding hydrogens is 376 g/mol. The molecule has 0 radical (unpaired) electrons. The van der Waals surface area contributed by atoms with Crippen LogP contribution >= 0.6 is 11.3 Å². The van der Waals surface area contributed by atoms with Gasteiger partial charge < -0.3 is 15.2 Å². The van der Waals surface area contributed by atoms with Crippen molar-refractivity contribution in [3.05, 3.63) is 65.9 Å². The second kappa shape index (κ2) is 7.61. The fourth-order valence-electron chi connectivity index (χ4n) is 2.67. The fourth-order valence-corrected chi connectivity index (χ4v) is 3.63. The number of para-hydroxylation sites is 1. The lowest BCUT2D eigenvalue weighted by Crippen LogP contribution is -2.33. The molecule has 2 N–H and O–H groups in total. The van der Waals surface area contributed by atoms with E-state index >= 15 is 0 Å². The van der Waals surface area contributed by atoms with Crippen LogP contribution in [0.2, 0.25) is 0 Å². The number of nitrogens with one attached hydrogen (secondary N) is 2. The molecule has 4 aromatic rings. The second-order valence-electron chi connectivity index (χ2n) is 6.11. The molecular formula is C20H16N4O3S. The number of amides is 2. The van der Waals surface area contributed by atoms with Gasteiger partial charge in [-0.15, -0.1) is 0 Å². The van der Waals surface area contributed by atoms with Crippen molar-refractivity contribution < 1.29 is 14.1 Å². The highest BCUT2D eigenvalue weighted by Gasteiger charge is 2.15. The number of fused-ring (bicyclic) bond motifs is 1. The Morgan fingerprint density at radius 3 is 2.71 bits per heavy atom. The van der Waals surface area contributed by atoms with E-state index in [1.54, 1.807) is 6.07 Å². The molecule has 2 amide bonds. The van der Waals surface area contributed by atoms with E-state index in [0.29, 0.717) is 10.9 Å². The third kappa shape index (κ3) is 3.77. The van der Waals surface area contributed by atoms with Gasteiger partial charge in [-0.05, 0) is 18.6 Å². The Morgan fingerprint density at radius 1 is 1.11 bits per heavy atom. The van der Waals surface area contributed by atoms with Gasteiger partial charge in [0.25, 0.3) is 5.91 Å². The highest BCUT2D eigenvalue weighted by Crippen LogP contribution is 2.27. The van der Waals surface area contributed by atoms with Crippen molar-refractivity contribution in [2.75, 3.05) is 11.9 Å². The molecule has 0 saturated carbocycles. The first-order valence-electron chi connectivity index (χ1n) is 8.56. The summed E-state index contributed by atoms with van der Waals surface area (Å²) in [4.78, 5) is 28.8. The maximum atomic E-state index is 12.2. The first kappa shape index (κ1) is 17.9. The molecule has 0 spiro atoms. The van der Waals surface area contributed by atoms with E-state index in [1.807, 2.05) is 55.5 Å². The molecule has 0 saturated heterocycles. The lowest BCUT2D eigenvalue weighted by molar-refractivity contribution is -0.115. The van der Waals surface area contributed by atoms with Crippen molar-refractivity contribution in [2.45, 2.75) is 6.92 Å². The molecule has 28 heavy (non-hydrogen) atoms. The zero-order valence-corrected chi connectivity index (χ0v) is 15.7. The van der Waals surface area contributed by atoms with Crippen molar-refractivity contribution in [1.82, 2.24) is 15.5 Å². The molecule has 7 nitrogen and oxygen atoms in total. The van der Waals surface area contributed by atoms with E-state index in [9.17, 15) is 9.59 Å². The van der Waals surface area contributed by atoms with Gasteiger partial charge in [0.05, 0.1) is 16.8 Å². The van der Waals surface area contributed by atoms with Gasteiger partial charge in [-0.3, -0.25) is 9.59 Å². The normalized spacial score (nSPS) is 10.8. The molecule has 140 valence electrons. The monoisotopic (exact) mass is 392 g/mol. The lowest BCUT2D eigenvalue weighted by atomic mass is 10.1. The number of hydrogen-bond acceptors (Lipinski definition) is 6. The van der Waals surface area contributed by atoms with E-state index in [0.717, 1.165) is 21.3 Å². The Labute approximate surface area is 164 Å². The number of nitrogens with zero attached hydrogens (tertiary/aromatic N) is 2. The van der Waals surface area contributed by atoms with Crippen LogP contribution in [0.15, 0.2) is 59.1 Å². The van der Waals surface area contributed by atoms with Crippen LogP contribution in [0.4, 0.5) is 5.13 Å². The van der Waals surface area contributed by atoms with Gasteiger partial charge in [-0.25, -0.2) is 4.98 Å². The number of benzene rings is 2. The van der Waals surface area contributed by atoms with Gasteiger partial charge in [0.1, 0.15) is 0 Å². The first-order valence-corrected chi connectivity index (χ1v) is 9.38. The summed E-state index contributed by atoms with van der Waals surface area (Å²) in [6.45, 7) is 1.77. The van der Waals surface area contributed by atoms with Crippen molar-refractivity contribution in [2.24, 2.45) is 0 Å². The topological polar surface area (TPSA) is 97.1 Å². The van der Waals surface area contributed by atoms with Crippen LogP contribution in [0, 0.1) is 6.92 Å². The summed E-state index contributed by atoms with van der Waals surface area (Å²) in [6.07, 6.45) is 0. The van der Waals surface area contributed by atoms with Gasteiger partial charge in [0, 0.05) is 11.6 Å². The average molecular weight is 392 g/mol. The van der Waals surface area contributed by atoms with E-state index < -0.39 is 5.91 Å². The molecule has 2 aromatic carbocycles. The zero-order chi connectivity index (χ0) is 19.5. The Hall–Kier alpha value is -3.52. The molecule has 0 atom stereocenters. The molecule has 0 aliphatic rings. The molecule has 0 aliphatic heterocycles. The van der Waals surface area contributed by atoms with Crippen LogP contribution in [0.3, 0.4) is 0 Å². The average Bonchev–Trinajstić information content (AvgIpc) is 3.35. The fraction of sp³-hybridized carbons (Fsp3) is 0.100. The van der Waals surface area contributed by atoms with Crippen LogP contribution in [-0.2, 0) is 4.79 Å². The maximum Gasteiger partial charge on any atom is 0.273 e. The smallest absolute Gasteiger partial charge is 0.273 e. The molecule has 0 bridgehead atoms. The molecule has 0 aliphatic carbocycles. The van der Waals surface area contributed by atoms with Crippen molar-refractivity contribution in [3.63, 3.8) is 0 Å². The minimum Gasteiger partial charge on any atom is -0.355 e. The minimum atomic E-state index is -0.485. The minimum absolute atomic E-state index is 0.113. The predicted molar refractivity (Wildman–Crippen MR) is 107 cm³/mol. The van der Waals surface area contributed by atoms with Crippen molar-refractivity contribution >= 4 is 38.5 Å². The van der Waals surface area contributed by atoms with Crippen molar-refractivity contribution in [1.29, 1.82) is 0 Å². The Kier molecular flexibility index (Phi) is 4.86. The summed E-state index contributed by atoms with van der Waals surface area (Å²) in [5.41, 5.74) is 2.84. The third-order valence-electron chi connectivity index (χ3n) is 4.08. The highest BCUT2D eigenvalue weighted by molar-refractivity contribution is 7.22. The number of anilines is 1. The standard InChI is InChI=1S/C20H16N4O3S/c1-12-6-5-9-16-18(12)23-20(28-16)22-17(25)11-21-19(26)14-10-15(27-24-14)13-7-3-2-4-8-13/h2-10H,11H2,1H3,(H,21,26)(H,22,23,25). The number of aryl methyl sites for hydroxylation is 1. The van der Waals surface area contributed by atoms with E-state index in [-0.39, 0.29) is 18.1 Å². The number of thiazole rings is 1. The number of carbonyl (C=O) groups excluding carboxylic acids is 2. The van der Waals surface area contributed by atoms with Crippen LogP contribution in [0.1, 0.15) is 16.1 Å². The third-order valence-corrected chi connectivity index (χ3v) is 5.01. The quantitative estimate of drug-likeness (QED) is 0.541.